The second-order valence-electron chi connectivity index (χ2n) is 6.91. The van der Waals surface area contributed by atoms with Crippen molar-refractivity contribution in [3.05, 3.63) is 74.8 Å². The molecule has 6 nitrogen and oxygen atoms in total. The molecule has 1 N–H and O–H groups in total. The van der Waals surface area contributed by atoms with Crippen LogP contribution in [0.4, 0.5) is 5.69 Å². The maximum atomic E-state index is 10.8. The van der Waals surface area contributed by atoms with E-state index in [1.54, 1.807) is 23.2 Å². The van der Waals surface area contributed by atoms with Crippen LogP contribution < -0.4 is 4.90 Å². The van der Waals surface area contributed by atoms with Crippen molar-refractivity contribution < 1.29 is 9.82 Å². The third-order valence-electron chi connectivity index (χ3n) is 4.84. The molecule has 3 rings (SSSR count). The molecule has 2 aromatic carbocycles. The summed E-state index contributed by atoms with van der Waals surface area (Å²) in [7, 11) is 0. The Kier molecular flexibility index (Phi) is 5.63. The number of aryl methyl sites for hydroxylation is 2. The first kappa shape index (κ1) is 18.1. The maximum absolute atomic E-state index is 10.8. The molecule has 0 bridgehead atoms. The van der Waals surface area contributed by atoms with Crippen LogP contribution in [-0.4, -0.2) is 42.3 Å². The quantitative estimate of drug-likeness (QED) is 0.508. The van der Waals surface area contributed by atoms with Crippen molar-refractivity contribution >= 4 is 11.9 Å². The molecule has 0 unspecified atom stereocenters. The molecule has 1 aliphatic rings. The number of rotatable bonds is 5. The number of piperazine rings is 1. The summed E-state index contributed by atoms with van der Waals surface area (Å²) >= 11 is 0. The van der Waals surface area contributed by atoms with Gasteiger partial charge in [-0.05, 0) is 19.4 Å². The minimum absolute atomic E-state index is 0.0941. The molecular weight excluding hydrogens is 328 g/mol. The number of benzene rings is 2. The largest absolute Gasteiger partial charge is 0.328 e. The van der Waals surface area contributed by atoms with Gasteiger partial charge in [0.05, 0.1) is 37.3 Å². The molecule has 1 aliphatic heterocycles. The van der Waals surface area contributed by atoms with Crippen molar-refractivity contribution in [1.82, 2.24) is 5.01 Å². The standard InChI is InChI=1S/C20H24N4O2/c1-16-6-7-19(17(2)12-16)15-22-8-10-23(11-9-22)21-14-18-4-3-5-20(13-18)24(25)26/h3-7,12-14H,8-11,15H2,1-2H3/p+1. The summed E-state index contributed by atoms with van der Waals surface area (Å²) in [6, 6.07) is 13.2. The summed E-state index contributed by atoms with van der Waals surface area (Å²) in [5, 5.41) is 17.4. The first-order valence-corrected chi connectivity index (χ1v) is 8.94. The highest BCUT2D eigenvalue weighted by Gasteiger charge is 2.19. The van der Waals surface area contributed by atoms with Gasteiger partial charge in [0.25, 0.3) is 5.69 Å². The fourth-order valence-electron chi connectivity index (χ4n) is 3.28. The molecule has 1 heterocycles. The summed E-state index contributed by atoms with van der Waals surface area (Å²) < 4.78 is 0. The lowest BCUT2D eigenvalue weighted by atomic mass is 10.1. The molecule has 0 radical (unpaired) electrons. The van der Waals surface area contributed by atoms with Gasteiger partial charge in [-0.1, -0.05) is 35.9 Å². The van der Waals surface area contributed by atoms with Crippen LogP contribution in [0.25, 0.3) is 0 Å². The van der Waals surface area contributed by atoms with Crippen molar-refractivity contribution in [3.63, 3.8) is 0 Å². The van der Waals surface area contributed by atoms with Crippen LogP contribution in [0.15, 0.2) is 47.6 Å². The highest BCUT2D eigenvalue weighted by molar-refractivity contribution is 5.80. The molecule has 0 amide bonds. The first-order chi connectivity index (χ1) is 12.5. The van der Waals surface area contributed by atoms with Gasteiger partial charge in [0, 0.05) is 23.3 Å². The third kappa shape index (κ3) is 4.67. The molecule has 1 fully saturated rings. The Morgan fingerprint density at radius 2 is 1.96 bits per heavy atom. The Labute approximate surface area is 153 Å². The van der Waals surface area contributed by atoms with Crippen molar-refractivity contribution in [2.24, 2.45) is 5.10 Å². The minimum atomic E-state index is -0.382. The Morgan fingerprint density at radius 3 is 2.65 bits per heavy atom. The Balaban J connectivity index is 1.53. The highest BCUT2D eigenvalue weighted by Crippen LogP contribution is 2.12. The predicted molar refractivity (Wildman–Crippen MR) is 103 cm³/mol. The van der Waals surface area contributed by atoms with Gasteiger partial charge >= 0.3 is 0 Å². The van der Waals surface area contributed by atoms with Crippen molar-refractivity contribution in [3.8, 4) is 0 Å². The number of non-ortho nitro benzene ring substituents is 1. The fourth-order valence-corrected chi connectivity index (χ4v) is 3.28. The number of quaternary nitrogens is 1. The van der Waals surface area contributed by atoms with E-state index in [4.69, 9.17) is 0 Å². The molecule has 0 aliphatic carbocycles. The molecule has 136 valence electrons. The van der Waals surface area contributed by atoms with E-state index >= 15 is 0 Å². The highest BCUT2D eigenvalue weighted by atomic mass is 16.6. The summed E-state index contributed by atoms with van der Waals surface area (Å²) in [4.78, 5) is 12.0. The van der Waals surface area contributed by atoms with Crippen LogP contribution >= 0.6 is 0 Å². The average molecular weight is 353 g/mol. The van der Waals surface area contributed by atoms with Crippen LogP contribution in [0.5, 0.6) is 0 Å². The second kappa shape index (κ2) is 8.10. The van der Waals surface area contributed by atoms with Crippen molar-refractivity contribution in [1.29, 1.82) is 0 Å². The second-order valence-corrected chi connectivity index (χ2v) is 6.91. The number of nitrogens with zero attached hydrogens (tertiary/aromatic N) is 3. The van der Waals surface area contributed by atoms with E-state index in [-0.39, 0.29) is 10.6 Å². The van der Waals surface area contributed by atoms with E-state index < -0.39 is 0 Å². The maximum Gasteiger partial charge on any atom is 0.270 e. The van der Waals surface area contributed by atoms with E-state index in [1.165, 1.54) is 22.8 Å². The molecule has 0 atom stereocenters. The van der Waals surface area contributed by atoms with Crippen molar-refractivity contribution in [2.45, 2.75) is 20.4 Å². The van der Waals surface area contributed by atoms with E-state index in [0.717, 1.165) is 38.3 Å². The molecule has 0 spiro atoms. The van der Waals surface area contributed by atoms with Gasteiger partial charge in [-0.2, -0.15) is 5.10 Å². The van der Waals surface area contributed by atoms with Gasteiger partial charge in [0.1, 0.15) is 6.54 Å². The Hall–Kier alpha value is -2.73. The normalized spacial score (nSPS) is 15.5. The number of nitro groups is 1. The van der Waals surface area contributed by atoms with Gasteiger partial charge in [0.15, 0.2) is 0 Å². The van der Waals surface area contributed by atoms with Crippen LogP contribution in [0.2, 0.25) is 0 Å². The summed E-state index contributed by atoms with van der Waals surface area (Å²) in [6.45, 7) is 9.23. The minimum Gasteiger partial charge on any atom is -0.328 e. The predicted octanol–water partition coefficient (Wildman–Crippen LogP) is 1.95. The molecule has 2 aromatic rings. The SMILES string of the molecule is Cc1ccc(C[NH+]2CCN(N=Cc3cccc([N+](=O)[O-])c3)CC2)c(C)c1. The summed E-state index contributed by atoms with van der Waals surface area (Å²) in [5.41, 5.74) is 4.94. The fraction of sp³-hybridized carbons (Fsp3) is 0.350. The number of nitrogens with one attached hydrogen (secondary N) is 1. The smallest absolute Gasteiger partial charge is 0.270 e. The van der Waals surface area contributed by atoms with Gasteiger partial charge in [-0.15, -0.1) is 0 Å². The van der Waals surface area contributed by atoms with E-state index in [9.17, 15) is 10.1 Å². The van der Waals surface area contributed by atoms with Gasteiger partial charge in [-0.25, -0.2) is 0 Å². The van der Waals surface area contributed by atoms with E-state index in [0.29, 0.717) is 0 Å². The van der Waals surface area contributed by atoms with Crippen LogP contribution in [-0.2, 0) is 6.54 Å². The summed E-state index contributed by atoms with van der Waals surface area (Å²) in [5.74, 6) is 0. The average Bonchev–Trinajstić information content (AvgIpc) is 2.63. The number of hydrazone groups is 1. The van der Waals surface area contributed by atoms with E-state index in [1.807, 2.05) is 11.1 Å². The van der Waals surface area contributed by atoms with Crippen LogP contribution in [0.3, 0.4) is 0 Å². The lowest BCUT2D eigenvalue weighted by molar-refractivity contribution is -0.918. The molecule has 0 saturated carbocycles. The van der Waals surface area contributed by atoms with Crippen LogP contribution in [0, 0.1) is 24.0 Å². The topological polar surface area (TPSA) is 63.2 Å². The Morgan fingerprint density at radius 1 is 1.19 bits per heavy atom. The zero-order valence-corrected chi connectivity index (χ0v) is 15.3. The van der Waals surface area contributed by atoms with E-state index in [2.05, 4.69) is 37.1 Å². The lowest BCUT2D eigenvalue weighted by Crippen LogP contribution is -3.13. The van der Waals surface area contributed by atoms with Crippen molar-refractivity contribution in [2.75, 3.05) is 26.2 Å². The number of nitro benzene ring substituents is 1. The molecule has 6 heteroatoms. The number of hydrogen-bond donors (Lipinski definition) is 1. The van der Waals surface area contributed by atoms with Gasteiger partial charge in [0.2, 0.25) is 0 Å². The van der Waals surface area contributed by atoms with Gasteiger partial charge < -0.3 is 4.90 Å². The van der Waals surface area contributed by atoms with Gasteiger partial charge in [-0.3, -0.25) is 15.1 Å². The molecular formula is C20H25N4O2+. The molecule has 0 aromatic heterocycles. The zero-order valence-electron chi connectivity index (χ0n) is 15.3. The molecule has 1 saturated heterocycles. The third-order valence-corrected chi connectivity index (χ3v) is 4.84. The Bertz CT molecular complexity index is 811. The lowest BCUT2D eigenvalue weighted by Gasteiger charge is -2.30. The zero-order chi connectivity index (χ0) is 18.5. The number of hydrogen-bond acceptors (Lipinski definition) is 4. The monoisotopic (exact) mass is 353 g/mol. The van der Waals surface area contributed by atoms with Crippen LogP contribution in [0.1, 0.15) is 22.3 Å². The summed E-state index contributed by atoms with van der Waals surface area (Å²) in [6.07, 6.45) is 1.71. The first-order valence-electron chi connectivity index (χ1n) is 8.94. The molecule has 26 heavy (non-hydrogen) atoms.